The van der Waals surface area contributed by atoms with Crippen molar-refractivity contribution in [3.63, 3.8) is 0 Å². The minimum absolute atomic E-state index is 0.0403. The van der Waals surface area contributed by atoms with Crippen molar-refractivity contribution in [1.82, 2.24) is 4.90 Å². The van der Waals surface area contributed by atoms with E-state index in [1.807, 2.05) is 0 Å². The zero-order valence-electron chi connectivity index (χ0n) is 10.9. The number of alkyl halides is 2. The topological polar surface area (TPSA) is 86.9 Å². The number of nitrogens with zero attached hydrogens (tertiary/aromatic N) is 3. The number of hydrogen-bond donors (Lipinski definition) is 1. The molecule has 1 aliphatic heterocycles. The zero-order chi connectivity index (χ0) is 15.6. The molecule has 114 valence electrons. The van der Waals surface area contributed by atoms with Gasteiger partial charge >= 0.3 is 6.09 Å². The van der Waals surface area contributed by atoms with Gasteiger partial charge in [-0.25, -0.2) is 13.6 Å². The van der Waals surface area contributed by atoms with Gasteiger partial charge in [-0.1, -0.05) is 0 Å². The first-order valence-electron chi connectivity index (χ1n) is 6.17. The Hall–Kier alpha value is -2.45. The molecule has 1 amide bonds. The monoisotopic (exact) mass is 301 g/mol. The van der Waals surface area contributed by atoms with Crippen molar-refractivity contribution in [2.45, 2.75) is 12.5 Å². The summed E-state index contributed by atoms with van der Waals surface area (Å²) in [5, 5.41) is 19.5. The van der Waals surface area contributed by atoms with E-state index in [9.17, 15) is 23.7 Å². The molecule has 1 unspecified atom stereocenters. The van der Waals surface area contributed by atoms with Gasteiger partial charge in [0.1, 0.15) is 6.04 Å². The predicted molar refractivity (Wildman–Crippen MR) is 69.8 cm³/mol. The lowest BCUT2D eigenvalue weighted by molar-refractivity contribution is -0.384. The second-order valence-corrected chi connectivity index (χ2v) is 4.60. The number of halogens is 2. The maximum atomic E-state index is 13.0. The molecule has 1 fully saturated rings. The van der Waals surface area contributed by atoms with E-state index in [4.69, 9.17) is 5.11 Å². The van der Waals surface area contributed by atoms with Crippen LogP contribution in [-0.4, -0.2) is 53.1 Å². The van der Waals surface area contributed by atoms with Gasteiger partial charge in [0.25, 0.3) is 12.1 Å². The van der Waals surface area contributed by atoms with E-state index in [2.05, 4.69) is 0 Å². The minimum Gasteiger partial charge on any atom is -0.465 e. The maximum absolute atomic E-state index is 13.0. The minimum atomic E-state index is -2.79. The zero-order valence-corrected chi connectivity index (χ0v) is 10.9. The van der Waals surface area contributed by atoms with Gasteiger partial charge in [0.15, 0.2) is 0 Å². The van der Waals surface area contributed by atoms with Crippen LogP contribution in [0.3, 0.4) is 0 Å². The second kappa shape index (κ2) is 5.90. The Morgan fingerprint density at radius 2 is 1.95 bits per heavy atom. The smallest absolute Gasteiger partial charge is 0.407 e. The van der Waals surface area contributed by atoms with E-state index in [-0.39, 0.29) is 25.3 Å². The van der Waals surface area contributed by atoms with E-state index in [0.29, 0.717) is 5.69 Å². The molecule has 0 aromatic heterocycles. The van der Waals surface area contributed by atoms with Crippen LogP contribution in [-0.2, 0) is 0 Å². The summed E-state index contributed by atoms with van der Waals surface area (Å²) in [4.78, 5) is 23.3. The molecule has 2 rings (SSSR count). The van der Waals surface area contributed by atoms with E-state index < -0.39 is 23.5 Å². The highest BCUT2D eigenvalue weighted by Crippen LogP contribution is 2.24. The summed E-state index contributed by atoms with van der Waals surface area (Å²) in [7, 11) is 0. The van der Waals surface area contributed by atoms with Gasteiger partial charge in [-0.2, -0.15) is 0 Å². The number of hydrogen-bond acceptors (Lipinski definition) is 4. The van der Waals surface area contributed by atoms with Crippen LogP contribution in [0.25, 0.3) is 0 Å². The first-order chi connectivity index (χ1) is 9.90. The summed E-state index contributed by atoms with van der Waals surface area (Å²) in [5.74, 6) is 0. The fourth-order valence-electron chi connectivity index (χ4n) is 2.28. The van der Waals surface area contributed by atoms with Gasteiger partial charge in [0.2, 0.25) is 0 Å². The van der Waals surface area contributed by atoms with Crippen molar-refractivity contribution >= 4 is 17.5 Å². The largest absolute Gasteiger partial charge is 0.465 e. The Bertz CT molecular complexity index is 538. The molecule has 1 saturated heterocycles. The number of benzene rings is 1. The quantitative estimate of drug-likeness (QED) is 0.682. The Labute approximate surface area is 118 Å². The number of nitro benzene ring substituents is 1. The summed E-state index contributed by atoms with van der Waals surface area (Å²) < 4.78 is 25.9. The van der Waals surface area contributed by atoms with Crippen molar-refractivity contribution < 1.29 is 23.6 Å². The van der Waals surface area contributed by atoms with Crippen LogP contribution in [0.1, 0.15) is 0 Å². The van der Waals surface area contributed by atoms with Crippen LogP contribution >= 0.6 is 0 Å². The van der Waals surface area contributed by atoms with Gasteiger partial charge in [-0.15, -0.1) is 0 Å². The molecule has 7 nitrogen and oxygen atoms in total. The summed E-state index contributed by atoms with van der Waals surface area (Å²) in [6.07, 6.45) is -4.16. The second-order valence-electron chi connectivity index (χ2n) is 4.60. The molecule has 0 spiro atoms. The van der Waals surface area contributed by atoms with Crippen LogP contribution in [0.2, 0.25) is 0 Å². The molecule has 1 aromatic rings. The molecule has 1 aromatic carbocycles. The third-order valence-electron chi connectivity index (χ3n) is 3.38. The summed E-state index contributed by atoms with van der Waals surface area (Å²) in [5.41, 5.74) is 0.463. The Morgan fingerprint density at radius 1 is 1.33 bits per heavy atom. The molecule has 1 aliphatic rings. The number of nitro groups is 1. The third-order valence-corrected chi connectivity index (χ3v) is 3.38. The molecule has 21 heavy (non-hydrogen) atoms. The molecule has 0 saturated carbocycles. The molecule has 9 heteroatoms. The van der Waals surface area contributed by atoms with Crippen molar-refractivity contribution in [3.05, 3.63) is 34.4 Å². The predicted octanol–water partition coefficient (Wildman–Crippen LogP) is 2.03. The van der Waals surface area contributed by atoms with Gasteiger partial charge < -0.3 is 10.0 Å². The molecule has 1 heterocycles. The van der Waals surface area contributed by atoms with Crippen molar-refractivity contribution in [2.24, 2.45) is 0 Å². The lowest BCUT2D eigenvalue weighted by Crippen LogP contribution is -2.57. The van der Waals surface area contributed by atoms with Gasteiger partial charge in [0, 0.05) is 37.5 Å². The molecular weight excluding hydrogens is 288 g/mol. The summed E-state index contributed by atoms with van der Waals surface area (Å²) in [6.45, 7) is 0.0659. The van der Waals surface area contributed by atoms with E-state index in [0.717, 1.165) is 4.90 Å². The normalized spacial score (nSPS) is 18.9. The van der Waals surface area contributed by atoms with Crippen LogP contribution in [0.4, 0.5) is 25.0 Å². The molecular formula is C12H13F2N3O4. The standard InChI is InChI=1S/C12H13F2N3O4/c13-11(14)10-7-15(5-6-16(10)12(18)19)8-1-3-9(4-2-8)17(20)21/h1-4,10-11H,5-7H2,(H,18,19). The van der Waals surface area contributed by atoms with Crippen LogP contribution < -0.4 is 4.90 Å². The van der Waals surface area contributed by atoms with Gasteiger partial charge in [-0.05, 0) is 12.1 Å². The highest BCUT2D eigenvalue weighted by Gasteiger charge is 2.36. The molecule has 0 aliphatic carbocycles. The lowest BCUT2D eigenvalue weighted by Gasteiger charge is -2.40. The number of carboxylic acid groups (broad SMARTS) is 1. The Morgan fingerprint density at radius 3 is 2.43 bits per heavy atom. The third kappa shape index (κ3) is 3.18. The highest BCUT2D eigenvalue weighted by molar-refractivity contribution is 5.66. The molecule has 1 atom stereocenters. The maximum Gasteiger partial charge on any atom is 0.407 e. The van der Waals surface area contributed by atoms with Crippen LogP contribution in [0.5, 0.6) is 0 Å². The molecule has 0 bridgehead atoms. The van der Waals surface area contributed by atoms with Crippen LogP contribution in [0.15, 0.2) is 24.3 Å². The van der Waals surface area contributed by atoms with Gasteiger partial charge in [0.05, 0.1) is 4.92 Å². The number of rotatable bonds is 3. The molecule has 0 radical (unpaired) electrons. The first kappa shape index (κ1) is 14.9. The van der Waals surface area contributed by atoms with Crippen molar-refractivity contribution in [1.29, 1.82) is 0 Å². The van der Waals surface area contributed by atoms with E-state index >= 15 is 0 Å². The van der Waals surface area contributed by atoms with Gasteiger partial charge in [-0.3, -0.25) is 15.0 Å². The number of anilines is 1. The highest BCUT2D eigenvalue weighted by atomic mass is 19.3. The summed E-state index contributed by atoms with van der Waals surface area (Å²) >= 11 is 0. The summed E-state index contributed by atoms with van der Waals surface area (Å²) in [6, 6.07) is 4.10. The Balaban J connectivity index is 2.15. The van der Waals surface area contributed by atoms with E-state index in [1.54, 1.807) is 4.90 Å². The first-order valence-corrected chi connectivity index (χ1v) is 6.17. The average molecular weight is 301 g/mol. The SMILES string of the molecule is O=C(O)N1CCN(c2ccc([N+](=O)[O-])cc2)CC1C(F)F. The fourth-order valence-corrected chi connectivity index (χ4v) is 2.28. The van der Waals surface area contributed by atoms with E-state index in [1.165, 1.54) is 24.3 Å². The van der Waals surface area contributed by atoms with Crippen molar-refractivity contribution in [2.75, 3.05) is 24.5 Å². The van der Waals surface area contributed by atoms with Crippen molar-refractivity contribution in [3.8, 4) is 0 Å². The number of amides is 1. The number of piperazine rings is 1. The Kier molecular flexibility index (Phi) is 4.20. The molecule has 1 N–H and O–H groups in total. The number of carbonyl (C=O) groups is 1. The lowest BCUT2D eigenvalue weighted by atomic mass is 10.1. The number of non-ortho nitro benzene ring substituents is 1. The average Bonchev–Trinajstić information content (AvgIpc) is 2.46. The van der Waals surface area contributed by atoms with Crippen LogP contribution in [0, 0.1) is 10.1 Å². The fraction of sp³-hybridized carbons (Fsp3) is 0.417.